The van der Waals surface area contributed by atoms with E-state index in [1.54, 1.807) is 24.0 Å². The SMILES string of the molecule is COc1ccc(CN2CC(=O)N3[C@H](c4ccc5c(c4)OCO5)c4[nH]c5ccccc5c4C[C@@H]3C2=O)cc1OC. The molecule has 7 rings (SSSR count). The zero-order chi connectivity index (χ0) is 26.7. The molecule has 2 amide bonds. The molecule has 3 aliphatic rings. The quantitative estimate of drug-likeness (QED) is 0.426. The molecule has 9 heteroatoms. The summed E-state index contributed by atoms with van der Waals surface area (Å²) in [6, 6.07) is 18.2. The maximum atomic E-state index is 14.0. The van der Waals surface area contributed by atoms with Crippen LogP contribution >= 0.6 is 0 Å². The zero-order valence-corrected chi connectivity index (χ0v) is 21.6. The number of ether oxygens (including phenoxy) is 4. The molecule has 4 heterocycles. The van der Waals surface area contributed by atoms with E-state index < -0.39 is 12.1 Å². The molecule has 0 spiro atoms. The third kappa shape index (κ3) is 3.68. The Morgan fingerprint density at radius 3 is 2.62 bits per heavy atom. The molecule has 39 heavy (non-hydrogen) atoms. The predicted octanol–water partition coefficient (Wildman–Crippen LogP) is 3.80. The molecule has 4 aromatic rings. The van der Waals surface area contributed by atoms with Crippen molar-refractivity contribution < 1.29 is 28.5 Å². The number of rotatable bonds is 5. The number of nitrogens with one attached hydrogen (secondary N) is 1. The summed E-state index contributed by atoms with van der Waals surface area (Å²) >= 11 is 0. The van der Waals surface area contributed by atoms with Gasteiger partial charge >= 0.3 is 0 Å². The Kier molecular flexibility index (Phi) is 5.40. The number of aromatic amines is 1. The van der Waals surface area contributed by atoms with Crippen LogP contribution in [0, 0.1) is 0 Å². The number of methoxy groups -OCH3 is 2. The Morgan fingerprint density at radius 2 is 1.77 bits per heavy atom. The lowest BCUT2D eigenvalue weighted by Crippen LogP contribution is -2.62. The average molecular weight is 526 g/mol. The summed E-state index contributed by atoms with van der Waals surface area (Å²) in [5, 5.41) is 1.06. The minimum atomic E-state index is -0.631. The van der Waals surface area contributed by atoms with Crippen molar-refractivity contribution in [2.45, 2.75) is 25.0 Å². The number of benzene rings is 3. The standard InChI is InChI=1S/C30H27N3O6/c1-36-23-9-7-17(11-25(23)37-2)14-32-15-27(34)33-22(30(32)35)13-20-19-5-3-4-6-21(19)31-28(20)29(33)18-8-10-24-26(12-18)39-16-38-24/h3-12,22,29,31H,13-16H2,1-2H3/t22-,29-/m1/s1. The van der Waals surface area contributed by atoms with E-state index in [9.17, 15) is 9.59 Å². The van der Waals surface area contributed by atoms with Crippen LogP contribution in [-0.2, 0) is 22.6 Å². The largest absolute Gasteiger partial charge is 0.493 e. The number of H-pyrrole nitrogens is 1. The van der Waals surface area contributed by atoms with E-state index in [0.29, 0.717) is 36.0 Å². The molecular weight excluding hydrogens is 498 g/mol. The first-order valence-corrected chi connectivity index (χ1v) is 12.9. The molecule has 0 unspecified atom stereocenters. The summed E-state index contributed by atoms with van der Waals surface area (Å²) in [5.74, 6) is 2.32. The van der Waals surface area contributed by atoms with Crippen molar-refractivity contribution in [1.29, 1.82) is 0 Å². The van der Waals surface area contributed by atoms with Gasteiger partial charge in [0.15, 0.2) is 23.0 Å². The van der Waals surface area contributed by atoms with Gasteiger partial charge in [-0.15, -0.1) is 0 Å². The fourth-order valence-corrected chi connectivity index (χ4v) is 6.09. The number of carbonyl (C=O) groups excluding carboxylic acids is 2. The smallest absolute Gasteiger partial charge is 0.246 e. The van der Waals surface area contributed by atoms with Crippen molar-refractivity contribution in [2.75, 3.05) is 27.6 Å². The molecule has 2 atom stereocenters. The van der Waals surface area contributed by atoms with Crippen molar-refractivity contribution in [3.63, 3.8) is 0 Å². The lowest BCUT2D eigenvalue weighted by molar-refractivity contribution is -0.159. The first kappa shape index (κ1) is 23.5. The highest BCUT2D eigenvalue weighted by Crippen LogP contribution is 2.45. The van der Waals surface area contributed by atoms with Crippen LogP contribution in [0.1, 0.15) is 28.4 Å². The van der Waals surface area contributed by atoms with Crippen molar-refractivity contribution >= 4 is 22.7 Å². The number of amides is 2. The second kappa shape index (κ2) is 8.97. The number of carbonyl (C=O) groups is 2. The second-order valence-corrected chi connectivity index (χ2v) is 9.98. The summed E-state index contributed by atoms with van der Waals surface area (Å²) in [6.45, 7) is 0.445. The number of fused-ring (bicyclic) bond motifs is 5. The number of aromatic nitrogens is 1. The molecular formula is C30H27N3O6. The van der Waals surface area contributed by atoms with Gasteiger partial charge in [0.1, 0.15) is 12.6 Å². The van der Waals surface area contributed by atoms with E-state index in [2.05, 4.69) is 11.1 Å². The van der Waals surface area contributed by atoms with Crippen LogP contribution in [0.5, 0.6) is 23.0 Å². The van der Waals surface area contributed by atoms with E-state index in [0.717, 1.165) is 33.3 Å². The van der Waals surface area contributed by atoms with Crippen LogP contribution in [0.4, 0.5) is 0 Å². The van der Waals surface area contributed by atoms with Crippen LogP contribution in [0.25, 0.3) is 10.9 Å². The third-order valence-corrected chi connectivity index (χ3v) is 7.88. The highest BCUT2D eigenvalue weighted by Gasteiger charge is 2.48. The van der Waals surface area contributed by atoms with Crippen LogP contribution in [0.15, 0.2) is 60.7 Å². The fourth-order valence-electron chi connectivity index (χ4n) is 6.09. The minimum absolute atomic E-state index is 0.0136. The van der Waals surface area contributed by atoms with Gasteiger partial charge < -0.3 is 33.7 Å². The molecule has 1 fully saturated rings. The monoisotopic (exact) mass is 525 g/mol. The Labute approximate surface area is 224 Å². The molecule has 0 aliphatic carbocycles. The molecule has 1 saturated heterocycles. The van der Waals surface area contributed by atoms with Crippen molar-refractivity contribution in [3.8, 4) is 23.0 Å². The Balaban J connectivity index is 1.29. The molecule has 3 aliphatic heterocycles. The third-order valence-electron chi connectivity index (χ3n) is 7.88. The van der Waals surface area contributed by atoms with Gasteiger partial charge in [-0.1, -0.05) is 30.3 Å². The number of nitrogens with zero attached hydrogens (tertiary/aromatic N) is 2. The molecule has 198 valence electrons. The molecule has 1 aromatic heterocycles. The van der Waals surface area contributed by atoms with Crippen LogP contribution in [0.3, 0.4) is 0 Å². The lowest BCUT2D eigenvalue weighted by Gasteiger charge is -2.47. The number of piperazine rings is 1. The van der Waals surface area contributed by atoms with Gasteiger partial charge in [0.2, 0.25) is 18.6 Å². The normalized spacial score (nSPS) is 19.7. The van der Waals surface area contributed by atoms with E-state index in [-0.39, 0.29) is 25.2 Å². The number of para-hydroxylation sites is 1. The molecule has 0 saturated carbocycles. The van der Waals surface area contributed by atoms with Gasteiger partial charge in [0.25, 0.3) is 0 Å². The lowest BCUT2D eigenvalue weighted by atomic mass is 9.86. The van der Waals surface area contributed by atoms with Gasteiger partial charge in [0, 0.05) is 29.6 Å². The van der Waals surface area contributed by atoms with Crippen LogP contribution in [-0.4, -0.2) is 60.2 Å². The highest BCUT2D eigenvalue weighted by atomic mass is 16.7. The predicted molar refractivity (Wildman–Crippen MR) is 142 cm³/mol. The summed E-state index contributed by atoms with van der Waals surface area (Å²) in [4.78, 5) is 34.9. The molecule has 3 aromatic carbocycles. The summed E-state index contributed by atoms with van der Waals surface area (Å²) in [5.41, 5.74) is 4.70. The fraction of sp³-hybridized carbons (Fsp3) is 0.267. The van der Waals surface area contributed by atoms with Crippen molar-refractivity contribution in [2.24, 2.45) is 0 Å². The number of hydrogen-bond acceptors (Lipinski definition) is 6. The van der Waals surface area contributed by atoms with E-state index in [1.807, 2.05) is 54.6 Å². The van der Waals surface area contributed by atoms with Gasteiger partial charge in [-0.2, -0.15) is 0 Å². The average Bonchev–Trinajstić information content (AvgIpc) is 3.58. The van der Waals surface area contributed by atoms with Crippen LogP contribution in [0.2, 0.25) is 0 Å². The second-order valence-electron chi connectivity index (χ2n) is 9.98. The highest BCUT2D eigenvalue weighted by molar-refractivity contribution is 5.97. The maximum absolute atomic E-state index is 14.0. The van der Waals surface area contributed by atoms with Gasteiger partial charge in [-0.3, -0.25) is 9.59 Å². The van der Waals surface area contributed by atoms with E-state index >= 15 is 0 Å². The van der Waals surface area contributed by atoms with Gasteiger partial charge in [-0.25, -0.2) is 0 Å². The summed E-state index contributed by atoms with van der Waals surface area (Å²) in [6.07, 6.45) is 0.438. The first-order chi connectivity index (χ1) is 19.1. The van der Waals surface area contributed by atoms with Crippen molar-refractivity contribution in [1.82, 2.24) is 14.8 Å². The van der Waals surface area contributed by atoms with E-state index in [4.69, 9.17) is 18.9 Å². The molecule has 0 bridgehead atoms. The van der Waals surface area contributed by atoms with Crippen molar-refractivity contribution in [3.05, 3.63) is 83.0 Å². The minimum Gasteiger partial charge on any atom is -0.493 e. The molecule has 1 N–H and O–H groups in total. The van der Waals surface area contributed by atoms with Crippen LogP contribution < -0.4 is 18.9 Å². The Hall–Kier alpha value is -4.66. The molecule has 9 nitrogen and oxygen atoms in total. The topological polar surface area (TPSA) is 93.3 Å². The Bertz CT molecular complexity index is 1630. The zero-order valence-electron chi connectivity index (χ0n) is 21.6. The summed E-state index contributed by atoms with van der Waals surface area (Å²) in [7, 11) is 3.16. The first-order valence-electron chi connectivity index (χ1n) is 12.9. The van der Waals surface area contributed by atoms with Gasteiger partial charge in [0.05, 0.1) is 20.3 Å². The van der Waals surface area contributed by atoms with Gasteiger partial charge in [-0.05, 0) is 47.0 Å². The summed E-state index contributed by atoms with van der Waals surface area (Å²) < 4.78 is 22.0. The maximum Gasteiger partial charge on any atom is 0.246 e. The van der Waals surface area contributed by atoms with E-state index in [1.165, 1.54) is 0 Å². The number of hydrogen-bond donors (Lipinski definition) is 1. The molecule has 0 radical (unpaired) electrons. The Morgan fingerprint density at radius 1 is 0.949 bits per heavy atom.